The van der Waals surface area contributed by atoms with Crippen LogP contribution in [0.1, 0.15) is 52.7 Å². The van der Waals surface area contributed by atoms with Crippen LogP contribution >= 0.6 is 0 Å². The fourth-order valence-corrected chi connectivity index (χ4v) is 11.8. The zero-order chi connectivity index (χ0) is 41.6. The Morgan fingerprint density at radius 2 is 0.935 bits per heavy atom. The second-order valence-electron chi connectivity index (χ2n) is 20.1. The van der Waals surface area contributed by atoms with Crippen molar-refractivity contribution >= 4 is 107 Å². The van der Waals surface area contributed by atoms with Gasteiger partial charge in [0.25, 0.3) is 13.4 Å². The van der Waals surface area contributed by atoms with Crippen LogP contribution in [0.3, 0.4) is 0 Å². The van der Waals surface area contributed by atoms with Gasteiger partial charge in [0, 0.05) is 50.0 Å². The molecular weight excluding hydrogens is 752 g/mol. The SMILES string of the molecule is CC(C)(C)c1ccc2c(c1)B1c3ccccc3Oc3ccc4c5cc6c(cc5n-2c4c31)c1ccc2c3c1n6-c1ccc(C(C)(C)C)cc1B3c1ccccc1N2c1ccccc1. The van der Waals surface area contributed by atoms with E-state index < -0.39 is 0 Å². The molecule has 0 bridgehead atoms. The van der Waals surface area contributed by atoms with E-state index >= 15 is 0 Å². The molecule has 0 radical (unpaired) electrons. The van der Waals surface area contributed by atoms with Gasteiger partial charge in [0.2, 0.25) is 0 Å². The zero-order valence-corrected chi connectivity index (χ0v) is 35.8. The minimum atomic E-state index is -0.00140. The molecule has 6 heteroatoms. The van der Waals surface area contributed by atoms with Crippen LogP contribution in [0.2, 0.25) is 0 Å². The Bertz CT molecular complexity index is 3660. The van der Waals surface area contributed by atoms with Crippen LogP contribution in [0.25, 0.3) is 55.0 Å². The lowest BCUT2D eigenvalue weighted by Crippen LogP contribution is -2.60. The minimum Gasteiger partial charge on any atom is -0.458 e. The summed E-state index contributed by atoms with van der Waals surface area (Å²) in [5, 5.41) is 5.09. The third kappa shape index (κ3) is 4.30. The van der Waals surface area contributed by atoms with E-state index in [1.54, 1.807) is 0 Å². The first kappa shape index (κ1) is 34.8. The summed E-state index contributed by atoms with van der Waals surface area (Å²) in [6, 6.07) is 57.5. The van der Waals surface area contributed by atoms with Crippen LogP contribution < -0.4 is 42.4 Å². The van der Waals surface area contributed by atoms with Gasteiger partial charge in [-0.2, -0.15) is 0 Å². The predicted molar refractivity (Wildman–Crippen MR) is 263 cm³/mol. The molecule has 0 fully saturated rings. The first-order chi connectivity index (χ1) is 30.0. The standard InChI is InChI=1S/C56H43B2N3O/c1-55(2,3)32-20-24-44-41(28-32)57-39-16-10-12-18-43(39)59(34-14-8-7-9-15-34)46-26-22-35-37-30-48-38(31-47(37)60(44)53(35)51(46)57)36-23-27-50-52-54(36)61(48)45-25-21-33(56(4,5)6)29-42(45)58(52)40-17-11-13-19-49(40)62-50/h7-31H,1-6H3. The molecule has 0 saturated heterocycles. The van der Waals surface area contributed by atoms with Crippen molar-refractivity contribution in [3.63, 3.8) is 0 Å². The molecule has 0 saturated carbocycles. The predicted octanol–water partition coefficient (Wildman–Crippen LogP) is 10.0. The quantitative estimate of drug-likeness (QED) is 0.155. The number of anilines is 3. The molecule has 62 heavy (non-hydrogen) atoms. The fraction of sp³-hybridized carbons (Fsp3) is 0.143. The van der Waals surface area contributed by atoms with Crippen molar-refractivity contribution in [1.82, 2.24) is 9.13 Å². The highest BCUT2D eigenvalue weighted by molar-refractivity contribution is 7.00. The Balaban J connectivity index is 1.13. The molecule has 2 aromatic heterocycles. The molecule has 294 valence electrons. The van der Waals surface area contributed by atoms with E-state index in [2.05, 4.69) is 207 Å². The highest BCUT2D eigenvalue weighted by Crippen LogP contribution is 2.46. The van der Waals surface area contributed by atoms with Crippen LogP contribution in [0.4, 0.5) is 17.1 Å². The number of para-hydroxylation sites is 3. The molecule has 0 aliphatic carbocycles. The average Bonchev–Trinajstić information content (AvgIpc) is 3.78. The Morgan fingerprint density at radius 3 is 1.58 bits per heavy atom. The van der Waals surface area contributed by atoms with Gasteiger partial charge in [-0.1, -0.05) is 126 Å². The molecule has 4 aliphatic rings. The van der Waals surface area contributed by atoms with E-state index in [0.29, 0.717) is 0 Å². The Morgan fingerprint density at radius 1 is 0.403 bits per heavy atom. The van der Waals surface area contributed by atoms with Crippen molar-refractivity contribution in [3.8, 4) is 22.9 Å². The monoisotopic (exact) mass is 795 g/mol. The Hall–Kier alpha value is -6.91. The van der Waals surface area contributed by atoms with Crippen LogP contribution in [-0.2, 0) is 10.8 Å². The summed E-state index contributed by atoms with van der Waals surface area (Å²) in [4.78, 5) is 2.49. The van der Waals surface area contributed by atoms with Crippen molar-refractivity contribution in [1.29, 1.82) is 0 Å². The molecular formula is C56H43B2N3O. The third-order valence-electron chi connectivity index (χ3n) is 14.7. The third-order valence-corrected chi connectivity index (χ3v) is 14.7. The highest BCUT2D eigenvalue weighted by atomic mass is 16.5. The molecule has 0 unspecified atom stereocenters. The van der Waals surface area contributed by atoms with Gasteiger partial charge in [0.1, 0.15) is 11.5 Å². The van der Waals surface area contributed by atoms with Gasteiger partial charge in [0.15, 0.2) is 0 Å². The number of hydrogen-bond donors (Lipinski definition) is 0. The van der Waals surface area contributed by atoms with E-state index in [-0.39, 0.29) is 24.3 Å². The topological polar surface area (TPSA) is 22.3 Å². The van der Waals surface area contributed by atoms with Crippen LogP contribution in [-0.4, -0.2) is 22.6 Å². The van der Waals surface area contributed by atoms with E-state index in [1.807, 2.05) is 0 Å². The lowest BCUT2D eigenvalue weighted by Gasteiger charge is -2.40. The summed E-state index contributed by atoms with van der Waals surface area (Å²) in [5.74, 6) is 1.90. The van der Waals surface area contributed by atoms with Crippen molar-refractivity contribution in [3.05, 3.63) is 163 Å². The van der Waals surface area contributed by atoms with Gasteiger partial charge in [-0.25, -0.2) is 0 Å². The van der Waals surface area contributed by atoms with E-state index in [4.69, 9.17) is 4.74 Å². The maximum absolute atomic E-state index is 6.78. The summed E-state index contributed by atoms with van der Waals surface area (Å²) >= 11 is 0. The maximum atomic E-state index is 6.78. The average molecular weight is 796 g/mol. The van der Waals surface area contributed by atoms with E-state index in [9.17, 15) is 0 Å². The number of nitrogens with zero attached hydrogens (tertiary/aromatic N) is 3. The Labute approximate surface area is 362 Å². The molecule has 4 aliphatic heterocycles. The highest BCUT2D eigenvalue weighted by Gasteiger charge is 2.44. The van der Waals surface area contributed by atoms with Crippen molar-refractivity contribution in [2.75, 3.05) is 4.90 Å². The number of hydrogen-bond acceptors (Lipinski definition) is 2. The first-order valence-corrected chi connectivity index (χ1v) is 22.2. The van der Waals surface area contributed by atoms with Crippen LogP contribution in [0, 0.1) is 0 Å². The summed E-state index contributed by atoms with van der Waals surface area (Å²) in [7, 11) is 0. The summed E-state index contributed by atoms with van der Waals surface area (Å²) in [6.07, 6.45) is 0. The number of ether oxygens (including phenoxy) is 1. The number of aromatic nitrogens is 2. The Kier molecular flexibility index (Phi) is 6.45. The normalized spacial score (nSPS) is 14.3. The molecule has 0 amide bonds. The lowest BCUT2D eigenvalue weighted by atomic mass is 9.33. The first-order valence-electron chi connectivity index (χ1n) is 22.2. The van der Waals surface area contributed by atoms with Crippen LogP contribution in [0.5, 0.6) is 11.5 Å². The molecule has 4 nitrogen and oxygen atoms in total. The zero-order valence-electron chi connectivity index (χ0n) is 35.8. The van der Waals surface area contributed by atoms with E-state index in [0.717, 1.165) is 11.5 Å². The van der Waals surface area contributed by atoms with Gasteiger partial charge >= 0.3 is 0 Å². The summed E-state index contributed by atoms with van der Waals surface area (Å²) in [6.45, 7) is 14.1. The minimum absolute atomic E-state index is 0.00140. The number of fused-ring (bicyclic) bond motifs is 16. The number of benzene rings is 8. The second kappa shape index (κ2) is 11.5. The fourth-order valence-electron chi connectivity index (χ4n) is 11.8. The number of rotatable bonds is 1. The molecule has 8 aromatic carbocycles. The van der Waals surface area contributed by atoms with Gasteiger partial charge in [-0.3, -0.25) is 0 Å². The summed E-state index contributed by atoms with van der Waals surface area (Å²) < 4.78 is 12.0. The van der Waals surface area contributed by atoms with E-state index in [1.165, 1.54) is 116 Å². The van der Waals surface area contributed by atoms with Gasteiger partial charge in [0.05, 0.1) is 22.1 Å². The summed E-state index contributed by atoms with van der Waals surface area (Å²) in [5.41, 5.74) is 21.9. The van der Waals surface area contributed by atoms with Crippen LogP contribution in [0.15, 0.2) is 152 Å². The van der Waals surface area contributed by atoms with Crippen molar-refractivity contribution in [2.45, 2.75) is 52.4 Å². The molecule has 0 spiro atoms. The van der Waals surface area contributed by atoms with Crippen molar-refractivity contribution in [2.24, 2.45) is 0 Å². The van der Waals surface area contributed by atoms with Gasteiger partial charge < -0.3 is 18.8 Å². The molecule has 0 atom stereocenters. The van der Waals surface area contributed by atoms with Gasteiger partial charge in [-0.15, -0.1) is 0 Å². The molecule has 14 rings (SSSR count). The molecule has 10 aromatic rings. The smallest absolute Gasteiger partial charge is 0.256 e. The lowest BCUT2D eigenvalue weighted by molar-refractivity contribution is 0.488. The maximum Gasteiger partial charge on any atom is 0.256 e. The van der Waals surface area contributed by atoms with Crippen molar-refractivity contribution < 1.29 is 4.74 Å². The largest absolute Gasteiger partial charge is 0.458 e. The molecule has 6 heterocycles. The van der Waals surface area contributed by atoms with Gasteiger partial charge in [-0.05, 0) is 121 Å². The molecule has 0 N–H and O–H groups in total. The second-order valence-corrected chi connectivity index (χ2v) is 20.1.